The summed E-state index contributed by atoms with van der Waals surface area (Å²) in [5.41, 5.74) is 8.35. The van der Waals surface area contributed by atoms with Crippen LogP contribution in [0.15, 0.2) is 12.1 Å². The van der Waals surface area contributed by atoms with Crippen LogP contribution in [0.2, 0.25) is 0 Å². The minimum atomic E-state index is 0.0459. The van der Waals surface area contributed by atoms with Crippen LogP contribution in [0.3, 0.4) is 0 Å². The first-order valence-electron chi connectivity index (χ1n) is 6.59. The first kappa shape index (κ1) is 14.2. The van der Waals surface area contributed by atoms with Crippen LogP contribution in [0.25, 0.3) is 0 Å². The van der Waals surface area contributed by atoms with Gasteiger partial charge in [0.1, 0.15) is 11.5 Å². The molecule has 1 unspecified atom stereocenters. The van der Waals surface area contributed by atoms with Crippen molar-refractivity contribution in [1.82, 2.24) is 0 Å². The summed E-state index contributed by atoms with van der Waals surface area (Å²) >= 11 is 0. The molecule has 1 aromatic carbocycles. The van der Waals surface area contributed by atoms with Gasteiger partial charge in [0.05, 0.1) is 20.8 Å². The molecule has 1 fully saturated rings. The van der Waals surface area contributed by atoms with E-state index in [2.05, 4.69) is 13.0 Å². The molecule has 0 heterocycles. The van der Waals surface area contributed by atoms with E-state index in [0.717, 1.165) is 35.5 Å². The second-order valence-electron chi connectivity index (χ2n) is 5.24. The van der Waals surface area contributed by atoms with E-state index >= 15 is 0 Å². The van der Waals surface area contributed by atoms with Gasteiger partial charge in [-0.1, -0.05) is 0 Å². The van der Waals surface area contributed by atoms with Crippen molar-refractivity contribution in [3.63, 3.8) is 0 Å². The van der Waals surface area contributed by atoms with Crippen LogP contribution < -0.4 is 15.2 Å². The van der Waals surface area contributed by atoms with Gasteiger partial charge in [0.15, 0.2) is 0 Å². The Labute approximate surface area is 114 Å². The largest absolute Gasteiger partial charge is 0.496 e. The smallest absolute Gasteiger partial charge is 0.124 e. The summed E-state index contributed by atoms with van der Waals surface area (Å²) in [6.45, 7) is 2.56. The van der Waals surface area contributed by atoms with Crippen LogP contribution in [-0.2, 0) is 16.8 Å². The molecule has 0 amide bonds. The zero-order valence-electron chi connectivity index (χ0n) is 12.2. The summed E-state index contributed by atoms with van der Waals surface area (Å²) in [4.78, 5) is 0. The molecule has 4 nitrogen and oxygen atoms in total. The Kier molecular flexibility index (Phi) is 4.02. The molecule has 1 aliphatic carbocycles. The van der Waals surface area contributed by atoms with E-state index in [1.807, 2.05) is 6.07 Å². The molecule has 19 heavy (non-hydrogen) atoms. The number of hydrogen-bond donors (Lipinski definition) is 1. The van der Waals surface area contributed by atoms with Crippen molar-refractivity contribution >= 4 is 0 Å². The third-order valence-corrected chi connectivity index (χ3v) is 4.10. The summed E-state index contributed by atoms with van der Waals surface area (Å²) in [6.07, 6.45) is 2.21. The SMILES string of the molecule is COCc1cc(OC)c(C2(C(C)N)CC2)cc1OC. The molecule has 0 bridgehead atoms. The lowest BCUT2D eigenvalue weighted by molar-refractivity contribution is 0.181. The highest BCUT2D eigenvalue weighted by atomic mass is 16.5. The van der Waals surface area contributed by atoms with Crippen LogP contribution in [-0.4, -0.2) is 27.4 Å². The van der Waals surface area contributed by atoms with Crippen LogP contribution in [0.5, 0.6) is 11.5 Å². The highest BCUT2D eigenvalue weighted by Crippen LogP contribution is 2.54. The molecule has 4 heteroatoms. The van der Waals surface area contributed by atoms with E-state index in [1.54, 1.807) is 21.3 Å². The van der Waals surface area contributed by atoms with E-state index in [0.29, 0.717) is 6.61 Å². The maximum atomic E-state index is 6.16. The van der Waals surface area contributed by atoms with Gasteiger partial charge in [-0.15, -0.1) is 0 Å². The number of benzene rings is 1. The number of hydrogen-bond acceptors (Lipinski definition) is 4. The monoisotopic (exact) mass is 265 g/mol. The topological polar surface area (TPSA) is 53.7 Å². The third kappa shape index (κ3) is 2.42. The number of rotatable bonds is 6. The molecule has 1 aliphatic rings. The molecule has 0 aliphatic heterocycles. The molecular formula is C15H23NO3. The highest BCUT2D eigenvalue weighted by molar-refractivity contribution is 5.52. The van der Waals surface area contributed by atoms with Crippen molar-refractivity contribution < 1.29 is 14.2 Å². The van der Waals surface area contributed by atoms with Crippen molar-refractivity contribution in [1.29, 1.82) is 0 Å². The average molecular weight is 265 g/mol. The van der Waals surface area contributed by atoms with Gasteiger partial charge in [-0.3, -0.25) is 0 Å². The Morgan fingerprint density at radius 1 is 1.16 bits per heavy atom. The van der Waals surface area contributed by atoms with Crippen LogP contribution in [0, 0.1) is 0 Å². The first-order chi connectivity index (χ1) is 9.08. The molecular weight excluding hydrogens is 242 g/mol. The van der Waals surface area contributed by atoms with Gasteiger partial charge in [0.25, 0.3) is 0 Å². The Hall–Kier alpha value is -1.26. The zero-order valence-corrected chi connectivity index (χ0v) is 12.2. The lowest BCUT2D eigenvalue weighted by Gasteiger charge is -2.24. The van der Waals surface area contributed by atoms with Gasteiger partial charge in [-0.2, -0.15) is 0 Å². The van der Waals surface area contributed by atoms with Crippen molar-refractivity contribution in [3.05, 3.63) is 23.3 Å². The van der Waals surface area contributed by atoms with Crippen molar-refractivity contribution in [2.45, 2.75) is 37.8 Å². The summed E-state index contributed by atoms with van der Waals surface area (Å²) in [5.74, 6) is 1.72. The van der Waals surface area contributed by atoms with E-state index in [9.17, 15) is 0 Å². The second kappa shape index (κ2) is 5.39. The van der Waals surface area contributed by atoms with Gasteiger partial charge in [0.2, 0.25) is 0 Å². The van der Waals surface area contributed by atoms with Gasteiger partial charge in [-0.05, 0) is 31.9 Å². The fourth-order valence-corrected chi connectivity index (χ4v) is 2.72. The van der Waals surface area contributed by atoms with E-state index in [1.165, 1.54) is 0 Å². The summed E-state index contributed by atoms with van der Waals surface area (Å²) in [7, 11) is 5.04. The van der Waals surface area contributed by atoms with Crippen LogP contribution >= 0.6 is 0 Å². The third-order valence-electron chi connectivity index (χ3n) is 4.10. The Morgan fingerprint density at radius 3 is 2.21 bits per heavy atom. The molecule has 1 saturated carbocycles. The fraction of sp³-hybridized carbons (Fsp3) is 0.600. The maximum Gasteiger partial charge on any atom is 0.124 e. The Bertz CT molecular complexity index is 453. The van der Waals surface area contributed by atoms with Gasteiger partial charge >= 0.3 is 0 Å². The van der Waals surface area contributed by atoms with Crippen LogP contribution in [0.4, 0.5) is 0 Å². The molecule has 1 atom stereocenters. The van der Waals surface area contributed by atoms with Crippen LogP contribution in [0.1, 0.15) is 30.9 Å². The molecule has 1 aromatic rings. The molecule has 0 saturated heterocycles. The van der Waals surface area contributed by atoms with Crippen molar-refractivity contribution in [2.24, 2.45) is 5.73 Å². The molecule has 2 rings (SSSR count). The molecule has 2 N–H and O–H groups in total. The molecule has 106 valence electrons. The number of methoxy groups -OCH3 is 3. The van der Waals surface area contributed by atoms with E-state index in [-0.39, 0.29) is 11.5 Å². The Morgan fingerprint density at radius 2 is 1.79 bits per heavy atom. The lowest BCUT2D eigenvalue weighted by Crippen LogP contribution is -2.32. The normalized spacial score (nSPS) is 17.9. The van der Waals surface area contributed by atoms with E-state index < -0.39 is 0 Å². The minimum Gasteiger partial charge on any atom is -0.496 e. The molecule has 0 radical (unpaired) electrons. The average Bonchev–Trinajstić information content (AvgIpc) is 3.20. The predicted molar refractivity (Wildman–Crippen MR) is 74.8 cm³/mol. The predicted octanol–water partition coefficient (Wildman–Crippen LogP) is 2.23. The summed E-state index contributed by atoms with van der Waals surface area (Å²) in [5, 5.41) is 0. The number of nitrogens with two attached hydrogens (primary N) is 1. The van der Waals surface area contributed by atoms with Gasteiger partial charge in [-0.25, -0.2) is 0 Å². The first-order valence-corrected chi connectivity index (χ1v) is 6.59. The van der Waals surface area contributed by atoms with Gasteiger partial charge < -0.3 is 19.9 Å². The zero-order chi connectivity index (χ0) is 14.0. The summed E-state index contributed by atoms with van der Waals surface area (Å²) < 4.78 is 16.2. The lowest BCUT2D eigenvalue weighted by atomic mass is 9.87. The molecule has 0 aromatic heterocycles. The second-order valence-corrected chi connectivity index (χ2v) is 5.24. The van der Waals surface area contributed by atoms with Crippen molar-refractivity contribution in [3.8, 4) is 11.5 Å². The van der Waals surface area contributed by atoms with Crippen molar-refractivity contribution in [2.75, 3.05) is 21.3 Å². The summed E-state index contributed by atoms with van der Waals surface area (Å²) in [6, 6.07) is 4.17. The Balaban J connectivity index is 2.49. The van der Waals surface area contributed by atoms with E-state index in [4.69, 9.17) is 19.9 Å². The number of ether oxygens (including phenoxy) is 3. The standard InChI is InChI=1S/C15H23NO3/c1-10(16)15(5-6-15)12-8-13(18-3)11(9-17-2)7-14(12)19-4/h7-8,10H,5-6,9,16H2,1-4H3. The minimum absolute atomic E-state index is 0.0459. The maximum absolute atomic E-state index is 6.16. The highest BCUT2D eigenvalue weighted by Gasteiger charge is 2.49. The van der Waals surface area contributed by atoms with Gasteiger partial charge in [0, 0.05) is 29.7 Å². The quantitative estimate of drug-likeness (QED) is 0.857. The molecule has 0 spiro atoms. The fourth-order valence-electron chi connectivity index (χ4n) is 2.72.